The molecule has 0 saturated carbocycles. The maximum atomic E-state index is 11.6. The van der Waals surface area contributed by atoms with E-state index < -0.39 is 0 Å². The number of benzene rings is 1. The second-order valence-electron chi connectivity index (χ2n) is 6.22. The molecular formula is C18H20Cl2N4O2. The van der Waals surface area contributed by atoms with Crippen LogP contribution in [0.3, 0.4) is 0 Å². The van der Waals surface area contributed by atoms with Gasteiger partial charge in [-0.1, -0.05) is 29.3 Å². The van der Waals surface area contributed by atoms with Gasteiger partial charge in [-0.25, -0.2) is 9.97 Å². The van der Waals surface area contributed by atoms with Gasteiger partial charge < -0.3 is 14.5 Å². The molecule has 0 bridgehead atoms. The molecule has 1 unspecified atom stereocenters. The number of nitrogens with zero attached hydrogens (tertiary/aromatic N) is 4. The molecular weight excluding hydrogens is 375 g/mol. The normalized spacial score (nSPS) is 17.3. The second kappa shape index (κ2) is 8.10. The standard InChI is InChI=1S/C18H20Cl2N4O2/c1-12-10-23(6-7-24(12)13(2)25)18-21-8-14(9-22-18)26-11-15-16(19)4-3-5-17(15)20/h3-5,8-9,12H,6-7,10-11H2,1-2H3. The van der Waals surface area contributed by atoms with Crippen molar-refractivity contribution in [2.24, 2.45) is 0 Å². The maximum Gasteiger partial charge on any atom is 0.225 e. The molecule has 8 heteroatoms. The monoisotopic (exact) mass is 394 g/mol. The SMILES string of the molecule is CC(=O)N1CCN(c2ncc(OCc3c(Cl)cccc3Cl)cn2)CC1C. The highest BCUT2D eigenvalue weighted by molar-refractivity contribution is 6.35. The number of hydrogen-bond donors (Lipinski definition) is 0. The van der Waals surface area contributed by atoms with Gasteiger partial charge in [0.05, 0.1) is 12.4 Å². The Morgan fingerprint density at radius 1 is 1.23 bits per heavy atom. The molecule has 1 saturated heterocycles. The van der Waals surface area contributed by atoms with E-state index in [1.807, 2.05) is 11.8 Å². The molecule has 0 radical (unpaired) electrons. The smallest absolute Gasteiger partial charge is 0.225 e. The third-order valence-corrected chi connectivity index (χ3v) is 5.08. The van der Waals surface area contributed by atoms with Crippen molar-refractivity contribution in [2.75, 3.05) is 24.5 Å². The number of carbonyl (C=O) groups excluding carboxylic acids is 1. The molecule has 0 aliphatic carbocycles. The summed E-state index contributed by atoms with van der Waals surface area (Å²) in [7, 11) is 0. The molecule has 1 aliphatic rings. The highest BCUT2D eigenvalue weighted by Gasteiger charge is 2.26. The van der Waals surface area contributed by atoms with Crippen LogP contribution in [-0.4, -0.2) is 46.5 Å². The van der Waals surface area contributed by atoms with Crippen LogP contribution >= 0.6 is 23.2 Å². The topological polar surface area (TPSA) is 58.6 Å². The van der Waals surface area contributed by atoms with Crippen LogP contribution in [0.4, 0.5) is 5.95 Å². The Morgan fingerprint density at radius 3 is 2.46 bits per heavy atom. The Balaban J connectivity index is 1.61. The minimum Gasteiger partial charge on any atom is -0.486 e. The minimum atomic E-state index is 0.0973. The lowest BCUT2D eigenvalue weighted by atomic mass is 10.2. The van der Waals surface area contributed by atoms with Gasteiger partial charge in [0.2, 0.25) is 11.9 Å². The lowest BCUT2D eigenvalue weighted by Crippen LogP contribution is -2.53. The van der Waals surface area contributed by atoms with Crippen LogP contribution in [0, 0.1) is 0 Å². The van der Waals surface area contributed by atoms with E-state index in [0.717, 1.165) is 5.56 Å². The summed E-state index contributed by atoms with van der Waals surface area (Å²) >= 11 is 12.3. The Kier molecular flexibility index (Phi) is 5.84. The molecule has 1 aliphatic heterocycles. The van der Waals surface area contributed by atoms with E-state index in [9.17, 15) is 4.79 Å². The highest BCUT2D eigenvalue weighted by Crippen LogP contribution is 2.26. The minimum absolute atomic E-state index is 0.0973. The zero-order valence-corrected chi connectivity index (χ0v) is 16.2. The number of amides is 1. The van der Waals surface area contributed by atoms with Crippen molar-refractivity contribution in [3.8, 4) is 5.75 Å². The predicted octanol–water partition coefficient (Wildman–Crippen LogP) is 3.42. The number of aromatic nitrogens is 2. The molecule has 6 nitrogen and oxygen atoms in total. The summed E-state index contributed by atoms with van der Waals surface area (Å²) in [6.45, 7) is 5.95. The number of hydrogen-bond acceptors (Lipinski definition) is 5. The van der Waals surface area contributed by atoms with E-state index in [1.165, 1.54) is 0 Å². The molecule has 3 rings (SSSR count). The van der Waals surface area contributed by atoms with E-state index in [1.54, 1.807) is 37.5 Å². The fourth-order valence-electron chi connectivity index (χ4n) is 2.98. The van der Waals surface area contributed by atoms with Gasteiger partial charge in [-0.3, -0.25) is 4.79 Å². The first kappa shape index (κ1) is 18.7. The van der Waals surface area contributed by atoms with E-state index in [0.29, 0.717) is 41.4 Å². The predicted molar refractivity (Wildman–Crippen MR) is 102 cm³/mol. The molecule has 1 aromatic carbocycles. The number of anilines is 1. The molecule has 1 aromatic heterocycles. The average Bonchev–Trinajstić information content (AvgIpc) is 2.61. The van der Waals surface area contributed by atoms with Gasteiger partial charge in [-0.05, 0) is 19.1 Å². The fraction of sp³-hybridized carbons (Fsp3) is 0.389. The van der Waals surface area contributed by atoms with E-state index in [2.05, 4.69) is 14.9 Å². The summed E-state index contributed by atoms with van der Waals surface area (Å²) in [6.07, 6.45) is 3.27. The molecule has 1 atom stereocenters. The van der Waals surface area contributed by atoms with Gasteiger partial charge in [-0.2, -0.15) is 0 Å². The first-order chi connectivity index (χ1) is 12.5. The van der Waals surface area contributed by atoms with Crippen molar-refractivity contribution < 1.29 is 9.53 Å². The third kappa shape index (κ3) is 4.19. The van der Waals surface area contributed by atoms with Crippen molar-refractivity contribution in [1.82, 2.24) is 14.9 Å². The lowest BCUT2D eigenvalue weighted by molar-refractivity contribution is -0.131. The average molecular weight is 395 g/mol. The van der Waals surface area contributed by atoms with Crippen LogP contribution in [0.5, 0.6) is 5.75 Å². The van der Waals surface area contributed by atoms with Crippen LogP contribution in [0.1, 0.15) is 19.4 Å². The second-order valence-corrected chi connectivity index (χ2v) is 7.03. The number of piperazine rings is 1. The number of rotatable bonds is 4. The number of ether oxygens (including phenoxy) is 1. The van der Waals surface area contributed by atoms with E-state index >= 15 is 0 Å². The maximum absolute atomic E-state index is 11.6. The van der Waals surface area contributed by atoms with Crippen LogP contribution in [0.25, 0.3) is 0 Å². The number of carbonyl (C=O) groups is 1. The summed E-state index contributed by atoms with van der Waals surface area (Å²) in [5.41, 5.74) is 0.731. The van der Waals surface area contributed by atoms with Crippen molar-refractivity contribution in [1.29, 1.82) is 0 Å². The molecule has 0 N–H and O–H groups in total. The largest absolute Gasteiger partial charge is 0.486 e. The lowest BCUT2D eigenvalue weighted by Gasteiger charge is -2.39. The van der Waals surface area contributed by atoms with Crippen LogP contribution in [-0.2, 0) is 11.4 Å². The molecule has 1 amide bonds. The summed E-state index contributed by atoms with van der Waals surface area (Å²) < 4.78 is 5.70. The molecule has 2 aromatic rings. The Bertz CT molecular complexity index is 765. The number of halogens is 2. The fourth-order valence-corrected chi connectivity index (χ4v) is 3.49. The van der Waals surface area contributed by atoms with Gasteiger partial charge >= 0.3 is 0 Å². The van der Waals surface area contributed by atoms with Gasteiger partial charge in [0.1, 0.15) is 6.61 Å². The molecule has 1 fully saturated rings. The first-order valence-electron chi connectivity index (χ1n) is 8.35. The molecule has 0 spiro atoms. The first-order valence-corrected chi connectivity index (χ1v) is 9.11. The highest BCUT2D eigenvalue weighted by atomic mass is 35.5. The summed E-state index contributed by atoms with van der Waals surface area (Å²) in [4.78, 5) is 24.3. The molecule has 138 valence electrons. The summed E-state index contributed by atoms with van der Waals surface area (Å²) in [5.74, 6) is 1.27. The Hall–Kier alpha value is -2.05. The summed E-state index contributed by atoms with van der Waals surface area (Å²) in [5, 5.41) is 1.12. The van der Waals surface area contributed by atoms with E-state index in [-0.39, 0.29) is 18.6 Å². The zero-order chi connectivity index (χ0) is 18.7. The molecule has 2 heterocycles. The van der Waals surface area contributed by atoms with Crippen molar-refractivity contribution in [3.05, 3.63) is 46.2 Å². The van der Waals surface area contributed by atoms with E-state index in [4.69, 9.17) is 27.9 Å². The molecule has 26 heavy (non-hydrogen) atoms. The van der Waals surface area contributed by atoms with Crippen LogP contribution in [0.15, 0.2) is 30.6 Å². The Morgan fingerprint density at radius 2 is 1.88 bits per heavy atom. The zero-order valence-electron chi connectivity index (χ0n) is 14.7. The van der Waals surface area contributed by atoms with Crippen LogP contribution in [0.2, 0.25) is 10.0 Å². The third-order valence-electron chi connectivity index (χ3n) is 4.37. The van der Waals surface area contributed by atoms with Crippen molar-refractivity contribution in [2.45, 2.75) is 26.5 Å². The van der Waals surface area contributed by atoms with Crippen molar-refractivity contribution in [3.63, 3.8) is 0 Å². The van der Waals surface area contributed by atoms with Crippen LogP contribution < -0.4 is 9.64 Å². The Labute approximate surface area is 162 Å². The van der Waals surface area contributed by atoms with Gasteiger partial charge in [-0.15, -0.1) is 0 Å². The van der Waals surface area contributed by atoms with Gasteiger partial charge in [0, 0.05) is 48.2 Å². The van der Waals surface area contributed by atoms with Crippen molar-refractivity contribution >= 4 is 35.1 Å². The quantitative estimate of drug-likeness (QED) is 0.794. The summed E-state index contributed by atoms with van der Waals surface area (Å²) in [6, 6.07) is 5.46. The van der Waals surface area contributed by atoms with Gasteiger partial charge in [0.25, 0.3) is 0 Å². The van der Waals surface area contributed by atoms with Gasteiger partial charge in [0.15, 0.2) is 5.75 Å².